The van der Waals surface area contributed by atoms with E-state index in [1.807, 2.05) is 44.4 Å². The molecule has 1 aromatic heterocycles. The summed E-state index contributed by atoms with van der Waals surface area (Å²) in [7, 11) is 4.02. The highest BCUT2D eigenvalue weighted by Gasteiger charge is 2.00. The molecule has 0 saturated carbocycles. The SMILES string of the molecule is CN(C)CCOc1cc(CN=C(N)NCCc2ccccc2)ccn1.I. The first kappa shape index (κ1) is 22.2. The molecule has 1 heterocycles. The van der Waals surface area contributed by atoms with Crippen LogP contribution in [0.4, 0.5) is 0 Å². The van der Waals surface area contributed by atoms with Crippen molar-refractivity contribution in [2.45, 2.75) is 13.0 Å². The predicted octanol–water partition coefficient (Wildman–Crippen LogP) is 2.29. The van der Waals surface area contributed by atoms with Crippen LogP contribution in [0, 0.1) is 0 Å². The summed E-state index contributed by atoms with van der Waals surface area (Å²) in [5.74, 6) is 1.06. The van der Waals surface area contributed by atoms with Crippen molar-refractivity contribution >= 4 is 29.9 Å². The number of aromatic nitrogens is 1. The molecule has 2 rings (SSSR count). The highest BCUT2D eigenvalue weighted by Crippen LogP contribution is 2.10. The molecule has 0 unspecified atom stereocenters. The van der Waals surface area contributed by atoms with Crippen LogP contribution >= 0.6 is 24.0 Å². The molecule has 0 fully saturated rings. The van der Waals surface area contributed by atoms with E-state index in [9.17, 15) is 0 Å². The van der Waals surface area contributed by atoms with Gasteiger partial charge in [-0.3, -0.25) is 0 Å². The first-order valence-corrected chi connectivity index (χ1v) is 8.43. The number of nitrogens with zero attached hydrogens (tertiary/aromatic N) is 3. The van der Waals surface area contributed by atoms with Crippen LogP contribution in [0.5, 0.6) is 5.88 Å². The third kappa shape index (κ3) is 9.00. The molecular weight excluding hydrogens is 441 g/mol. The van der Waals surface area contributed by atoms with Gasteiger partial charge in [0.15, 0.2) is 5.96 Å². The monoisotopic (exact) mass is 469 g/mol. The van der Waals surface area contributed by atoms with Gasteiger partial charge in [0.25, 0.3) is 0 Å². The van der Waals surface area contributed by atoms with Gasteiger partial charge in [-0.15, -0.1) is 24.0 Å². The van der Waals surface area contributed by atoms with E-state index in [4.69, 9.17) is 10.5 Å². The molecule has 142 valence electrons. The average molecular weight is 469 g/mol. The molecule has 0 bridgehead atoms. The molecule has 0 aliphatic heterocycles. The van der Waals surface area contributed by atoms with Crippen molar-refractivity contribution in [3.05, 3.63) is 59.8 Å². The van der Waals surface area contributed by atoms with E-state index in [0.29, 0.717) is 25.0 Å². The topological polar surface area (TPSA) is 75.8 Å². The summed E-state index contributed by atoms with van der Waals surface area (Å²) >= 11 is 0. The van der Waals surface area contributed by atoms with E-state index in [1.165, 1.54) is 5.56 Å². The Bertz CT molecular complexity index is 664. The first-order valence-electron chi connectivity index (χ1n) is 8.43. The maximum Gasteiger partial charge on any atom is 0.213 e. The number of halogens is 1. The van der Waals surface area contributed by atoms with Crippen molar-refractivity contribution in [2.75, 3.05) is 33.8 Å². The van der Waals surface area contributed by atoms with Crippen molar-refractivity contribution in [3.8, 4) is 5.88 Å². The number of guanidine groups is 1. The van der Waals surface area contributed by atoms with Crippen LogP contribution in [0.3, 0.4) is 0 Å². The molecule has 1 aromatic carbocycles. The molecule has 0 aliphatic rings. The summed E-state index contributed by atoms with van der Waals surface area (Å²) in [6, 6.07) is 14.1. The largest absolute Gasteiger partial charge is 0.476 e. The van der Waals surface area contributed by atoms with E-state index in [2.05, 4.69) is 32.3 Å². The molecule has 6 nitrogen and oxygen atoms in total. The van der Waals surface area contributed by atoms with Gasteiger partial charge in [-0.25, -0.2) is 9.98 Å². The molecule has 2 aromatic rings. The van der Waals surface area contributed by atoms with Crippen LogP contribution in [-0.2, 0) is 13.0 Å². The number of hydrogen-bond donors (Lipinski definition) is 2. The summed E-state index contributed by atoms with van der Waals surface area (Å²) in [4.78, 5) is 10.6. The number of benzene rings is 1. The highest BCUT2D eigenvalue weighted by atomic mass is 127. The fourth-order valence-electron chi connectivity index (χ4n) is 2.17. The molecule has 3 N–H and O–H groups in total. The van der Waals surface area contributed by atoms with Crippen LogP contribution < -0.4 is 15.8 Å². The Labute approximate surface area is 172 Å². The lowest BCUT2D eigenvalue weighted by molar-refractivity contribution is 0.253. The summed E-state index contributed by atoms with van der Waals surface area (Å²) < 4.78 is 5.63. The lowest BCUT2D eigenvalue weighted by Crippen LogP contribution is -2.33. The molecule has 0 radical (unpaired) electrons. The van der Waals surface area contributed by atoms with Crippen molar-refractivity contribution in [1.29, 1.82) is 0 Å². The normalized spacial score (nSPS) is 11.1. The first-order chi connectivity index (χ1) is 12.1. The number of aliphatic imine (C=N–C) groups is 1. The van der Waals surface area contributed by atoms with Gasteiger partial charge in [0, 0.05) is 25.4 Å². The Balaban J connectivity index is 0.00000338. The quantitative estimate of drug-likeness (QED) is 0.335. The molecule has 0 amide bonds. The predicted molar refractivity (Wildman–Crippen MR) is 117 cm³/mol. The zero-order valence-corrected chi connectivity index (χ0v) is 17.7. The maximum absolute atomic E-state index is 5.92. The average Bonchev–Trinajstić information content (AvgIpc) is 2.61. The summed E-state index contributed by atoms with van der Waals surface area (Å²) in [6.45, 7) is 2.71. The zero-order chi connectivity index (χ0) is 17.9. The van der Waals surface area contributed by atoms with Crippen molar-refractivity contribution in [1.82, 2.24) is 15.2 Å². The Morgan fingerprint density at radius 1 is 1.19 bits per heavy atom. The van der Waals surface area contributed by atoms with Crippen LogP contribution in [0.15, 0.2) is 53.7 Å². The van der Waals surface area contributed by atoms with E-state index in [0.717, 1.165) is 25.1 Å². The fourth-order valence-corrected chi connectivity index (χ4v) is 2.17. The van der Waals surface area contributed by atoms with Gasteiger partial charge >= 0.3 is 0 Å². The summed E-state index contributed by atoms with van der Waals surface area (Å²) in [6.07, 6.45) is 2.64. The fraction of sp³-hybridized carbons (Fsp3) is 0.368. The lowest BCUT2D eigenvalue weighted by Gasteiger charge is -2.10. The zero-order valence-electron chi connectivity index (χ0n) is 15.4. The Morgan fingerprint density at radius 3 is 2.69 bits per heavy atom. The number of hydrogen-bond acceptors (Lipinski definition) is 4. The van der Waals surface area contributed by atoms with Gasteiger partial charge in [0.2, 0.25) is 5.88 Å². The summed E-state index contributed by atoms with van der Waals surface area (Å²) in [5.41, 5.74) is 8.21. The van der Waals surface area contributed by atoms with E-state index >= 15 is 0 Å². The maximum atomic E-state index is 5.92. The van der Waals surface area contributed by atoms with Crippen molar-refractivity contribution in [2.24, 2.45) is 10.7 Å². The highest BCUT2D eigenvalue weighted by molar-refractivity contribution is 14.0. The smallest absolute Gasteiger partial charge is 0.213 e. The summed E-state index contributed by atoms with van der Waals surface area (Å²) in [5, 5.41) is 3.14. The molecule has 7 heteroatoms. The van der Waals surface area contributed by atoms with Gasteiger partial charge in [-0.05, 0) is 37.7 Å². The van der Waals surface area contributed by atoms with Crippen LogP contribution in [-0.4, -0.2) is 49.6 Å². The molecule has 26 heavy (non-hydrogen) atoms. The van der Waals surface area contributed by atoms with Crippen LogP contribution in [0.25, 0.3) is 0 Å². The van der Waals surface area contributed by atoms with Gasteiger partial charge in [0.05, 0.1) is 6.54 Å². The minimum atomic E-state index is 0. The second kappa shape index (κ2) is 12.5. The van der Waals surface area contributed by atoms with Crippen molar-refractivity contribution in [3.63, 3.8) is 0 Å². The third-order valence-corrected chi connectivity index (χ3v) is 3.58. The van der Waals surface area contributed by atoms with Gasteiger partial charge in [-0.2, -0.15) is 0 Å². The minimum absolute atomic E-state index is 0. The molecule has 0 aliphatic carbocycles. The second-order valence-corrected chi connectivity index (χ2v) is 6.02. The Kier molecular flexibility index (Phi) is 10.6. The van der Waals surface area contributed by atoms with E-state index < -0.39 is 0 Å². The number of rotatable bonds is 9. The molecule has 0 atom stereocenters. The number of pyridine rings is 1. The second-order valence-electron chi connectivity index (χ2n) is 6.02. The van der Waals surface area contributed by atoms with E-state index in [1.54, 1.807) is 6.20 Å². The minimum Gasteiger partial charge on any atom is -0.476 e. The van der Waals surface area contributed by atoms with Gasteiger partial charge in [0.1, 0.15) is 6.61 Å². The van der Waals surface area contributed by atoms with Gasteiger partial charge in [-0.1, -0.05) is 30.3 Å². The van der Waals surface area contributed by atoms with E-state index in [-0.39, 0.29) is 24.0 Å². The Hall–Kier alpha value is -1.87. The molecule has 0 spiro atoms. The number of ether oxygens (including phenoxy) is 1. The number of nitrogens with two attached hydrogens (primary N) is 1. The standard InChI is InChI=1S/C19H27N5O.HI/c1-24(2)12-13-25-18-14-17(9-10-21-18)15-23-19(20)22-11-8-16-6-4-3-5-7-16;/h3-7,9-10,14H,8,11-13,15H2,1-2H3,(H3,20,22,23);1H. The van der Waals surface area contributed by atoms with Crippen molar-refractivity contribution < 1.29 is 4.74 Å². The third-order valence-electron chi connectivity index (χ3n) is 3.58. The van der Waals surface area contributed by atoms with Crippen LogP contribution in [0.2, 0.25) is 0 Å². The number of nitrogens with one attached hydrogen (secondary N) is 1. The van der Waals surface area contributed by atoms with Gasteiger partial charge < -0.3 is 20.7 Å². The number of likely N-dealkylation sites (N-methyl/N-ethyl adjacent to an activating group) is 1. The Morgan fingerprint density at radius 2 is 1.96 bits per heavy atom. The molecule has 0 saturated heterocycles. The lowest BCUT2D eigenvalue weighted by atomic mass is 10.1. The molecular formula is C19H28IN5O. The van der Waals surface area contributed by atoms with Crippen LogP contribution in [0.1, 0.15) is 11.1 Å².